The van der Waals surface area contributed by atoms with Crippen LogP contribution in [0.25, 0.3) is 0 Å². The molecule has 2 N–H and O–H groups in total. The van der Waals surface area contributed by atoms with Crippen molar-refractivity contribution < 1.29 is 13.2 Å². The van der Waals surface area contributed by atoms with Crippen LogP contribution in [0, 0.1) is 0 Å². The zero-order valence-electron chi connectivity index (χ0n) is 13.0. The molecule has 0 heterocycles. The van der Waals surface area contributed by atoms with Gasteiger partial charge in [0.25, 0.3) is 0 Å². The van der Waals surface area contributed by atoms with Crippen LogP contribution in [0.1, 0.15) is 44.1 Å². The van der Waals surface area contributed by atoms with Crippen LogP contribution in [0.2, 0.25) is 0 Å². The third kappa shape index (κ3) is 8.27. The maximum atomic E-state index is 11.5. The predicted octanol–water partition coefficient (Wildman–Crippen LogP) is 3.63. The summed E-state index contributed by atoms with van der Waals surface area (Å²) >= 11 is 3.43. The molecule has 1 rings (SSSR count). The Morgan fingerprint density at radius 1 is 0.955 bits per heavy atom. The van der Waals surface area contributed by atoms with Gasteiger partial charge in [0.05, 0.1) is 4.90 Å². The topological polar surface area (TPSA) is 69.4 Å². The van der Waals surface area contributed by atoms with Crippen molar-refractivity contribution in [1.29, 1.82) is 0 Å². The van der Waals surface area contributed by atoms with Crippen molar-refractivity contribution in [3.63, 3.8) is 0 Å². The van der Waals surface area contributed by atoms with Gasteiger partial charge in [-0.25, -0.2) is 13.6 Å². The number of rotatable bonds is 12. The van der Waals surface area contributed by atoms with Gasteiger partial charge in [-0.2, -0.15) is 0 Å². The number of aryl methyl sites for hydroxylation is 1. The highest BCUT2D eigenvalue weighted by atomic mass is 79.9. The van der Waals surface area contributed by atoms with Crippen LogP contribution in [-0.2, 0) is 21.2 Å². The Morgan fingerprint density at radius 3 is 2.32 bits per heavy atom. The first kappa shape index (κ1) is 19.6. The Morgan fingerprint density at radius 2 is 1.59 bits per heavy atom. The summed E-state index contributed by atoms with van der Waals surface area (Å²) in [6, 6.07) is 6.88. The molecule has 0 bridgehead atoms. The largest absolute Gasteiger partial charge is 0.381 e. The van der Waals surface area contributed by atoms with Crippen LogP contribution in [0.15, 0.2) is 29.2 Å². The molecule has 0 amide bonds. The Kier molecular flexibility index (Phi) is 9.95. The van der Waals surface area contributed by atoms with Crippen LogP contribution in [0.3, 0.4) is 0 Å². The van der Waals surface area contributed by atoms with Gasteiger partial charge >= 0.3 is 0 Å². The monoisotopic (exact) mass is 391 g/mol. The Bertz CT molecular complexity index is 520. The molecule has 0 atom stereocenters. The van der Waals surface area contributed by atoms with E-state index < -0.39 is 10.0 Å². The van der Waals surface area contributed by atoms with Gasteiger partial charge in [-0.05, 0) is 37.3 Å². The van der Waals surface area contributed by atoms with E-state index in [0.29, 0.717) is 13.0 Å². The van der Waals surface area contributed by atoms with Crippen LogP contribution in [0.4, 0.5) is 0 Å². The average Bonchev–Trinajstić information content (AvgIpc) is 2.48. The number of halogens is 1. The molecule has 126 valence electrons. The van der Waals surface area contributed by atoms with Crippen molar-refractivity contribution in [1.82, 2.24) is 0 Å². The third-order valence-electron chi connectivity index (χ3n) is 3.44. The molecule has 0 spiro atoms. The molecule has 0 aliphatic carbocycles. The number of benzene rings is 1. The van der Waals surface area contributed by atoms with E-state index in [1.54, 1.807) is 12.1 Å². The standard InChI is InChI=1S/C16H26BrNO3S/c17-12-6-2-1-3-7-13-21-14-8-10-15-9-4-5-11-16(15)22(18,19)20/h4-5,9,11H,1-3,6-8,10,12-14H2,(H2,18,19,20). The number of primary sulfonamides is 1. The van der Waals surface area contributed by atoms with Crippen LogP contribution >= 0.6 is 15.9 Å². The first-order chi connectivity index (χ1) is 10.6. The summed E-state index contributed by atoms with van der Waals surface area (Å²) in [7, 11) is -3.64. The van der Waals surface area contributed by atoms with Gasteiger partial charge in [0.1, 0.15) is 0 Å². The van der Waals surface area contributed by atoms with Gasteiger partial charge in [-0.1, -0.05) is 53.4 Å². The lowest BCUT2D eigenvalue weighted by Crippen LogP contribution is -2.14. The molecule has 0 saturated carbocycles. The molecule has 1 aromatic carbocycles. The molecule has 22 heavy (non-hydrogen) atoms. The molecule has 6 heteroatoms. The molecule has 0 aliphatic rings. The van der Waals surface area contributed by atoms with E-state index in [9.17, 15) is 8.42 Å². The van der Waals surface area contributed by atoms with E-state index in [0.717, 1.165) is 30.3 Å². The summed E-state index contributed by atoms with van der Waals surface area (Å²) in [5.74, 6) is 0. The first-order valence-electron chi connectivity index (χ1n) is 7.80. The second kappa shape index (κ2) is 11.2. The van der Waals surface area contributed by atoms with Crippen molar-refractivity contribution in [3.8, 4) is 0 Å². The van der Waals surface area contributed by atoms with Crippen molar-refractivity contribution in [2.24, 2.45) is 5.14 Å². The second-order valence-electron chi connectivity index (χ2n) is 5.33. The highest BCUT2D eigenvalue weighted by Gasteiger charge is 2.12. The van der Waals surface area contributed by atoms with E-state index in [2.05, 4.69) is 15.9 Å². The molecular weight excluding hydrogens is 366 g/mol. The summed E-state index contributed by atoms with van der Waals surface area (Å²) in [6.45, 7) is 1.44. The number of nitrogens with two attached hydrogens (primary N) is 1. The average molecular weight is 392 g/mol. The van der Waals surface area contributed by atoms with Gasteiger partial charge in [0.2, 0.25) is 10.0 Å². The number of sulfonamides is 1. The van der Waals surface area contributed by atoms with Crippen LogP contribution in [0.5, 0.6) is 0 Å². The van der Waals surface area contributed by atoms with E-state index >= 15 is 0 Å². The second-order valence-corrected chi connectivity index (χ2v) is 7.65. The number of unbranched alkanes of at least 4 members (excludes halogenated alkanes) is 4. The van der Waals surface area contributed by atoms with Crippen molar-refractivity contribution in [3.05, 3.63) is 29.8 Å². The zero-order valence-corrected chi connectivity index (χ0v) is 15.4. The third-order valence-corrected chi connectivity index (χ3v) is 5.01. The normalized spacial score (nSPS) is 11.7. The molecule has 1 aromatic rings. The quantitative estimate of drug-likeness (QED) is 0.436. The molecule has 0 radical (unpaired) electrons. The Balaban J connectivity index is 2.16. The maximum Gasteiger partial charge on any atom is 0.238 e. The number of alkyl halides is 1. The van der Waals surface area contributed by atoms with E-state index in [-0.39, 0.29) is 4.90 Å². The lowest BCUT2D eigenvalue weighted by Gasteiger charge is -2.08. The minimum Gasteiger partial charge on any atom is -0.381 e. The van der Waals surface area contributed by atoms with E-state index in [4.69, 9.17) is 9.88 Å². The molecule has 0 aliphatic heterocycles. The van der Waals surface area contributed by atoms with Gasteiger partial charge in [-0.3, -0.25) is 0 Å². The predicted molar refractivity (Wildman–Crippen MR) is 93.8 cm³/mol. The van der Waals surface area contributed by atoms with Crippen molar-refractivity contribution in [2.45, 2.75) is 49.8 Å². The first-order valence-corrected chi connectivity index (χ1v) is 10.5. The highest BCUT2D eigenvalue weighted by molar-refractivity contribution is 9.09. The fraction of sp³-hybridized carbons (Fsp3) is 0.625. The SMILES string of the molecule is NS(=O)(=O)c1ccccc1CCCOCCCCCCCBr. The van der Waals surface area contributed by atoms with Gasteiger partial charge < -0.3 is 4.74 Å². The fourth-order valence-electron chi connectivity index (χ4n) is 2.28. The minimum atomic E-state index is -3.64. The molecular formula is C16H26BrNO3S. The summed E-state index contributed by atoms with van der Waals surface area (Å²) in [5.41, 5.74) is 0.767. The molecule has 0 aromatic heterocycles. The maximum absolute atomic E-state index is 11.5. The molecule has 0 unspecified atom stereocenters. The van der Waals surface area contributed by atoms with Crippen LogP contribution < -0.4 is 5.14 Å². The summed E-state index contributed by atoms with van der Waals surface area (Å²) in [5, 5.41) is 6.30. The minimum absolute atomic E-state index is 0.224. The summed E-state index contributed by atoms with van der Waals surface area (Å²) in [4.78, 5) is 0.224. The number of hydrogen-bond acceptors (Lipinski definition) is 3. The van der Waals surface area contributed by atoms with Crippen molar-refractivity contribution in [2.75, 3.05) is 18.5 Å². The summed E-state index contributed by atoms with van der Waals surface area (Å²) < 4.78 is 28.6. The lowest BCUT2D eigenvalue weighted by molar-refractivity contribution is 0.127. The Hall–Kier alpha value is -0.430. The van der Waals surface area contributed by atoms with Gasteiger partial charge in [-0.15, -0.1) is 0 Å². The van der Waals surface area contributed by atoms with Crippen LogP contribution in [-0.4, -0.2) is 27.0 Å². The smallest absolute Gasteiger partial charge is 0.238 e. The molecule has 4 nitrogen and oxygen atoms in total. The highest BCUT2D eigenvalue weighted by Crippen LogP contribution is 2.15. The van der Waals surface area contributed by atoms with E-state index in [1.165, 1.54) is 25.7 Å². The van der Waals surface area contributed by atoms with Gasteiger partial charge in [0, 0.05) is 18.5 Å². The van der Waals surface area contributed by atoms with E-state index in [1.807, 2.05) is 12.1 Å². The number of ether oxygens (including phenoxy) is 1. The lowest BCUT2D eigenvalue weighted by atomic mass is 10.1. The molecule has 0 fully saturated rings. The number of hydrogen-bond donors (Lipinski definition) is 1. The van der Waals surface area contributed by atoms with Gasteiger partial charge in [0.15, 0.2) is 0 Å². The fourth-order valence-corrected chi connectivity index (χ4v) is 3.48. The Labute approximate surface area is 142 Å². The zero-order chi connectivity index (χ0) is 16.3. The summed E-state index contributed by atoms with van der Waals surface area (Å²) in [6.07, 6.45) is 7.54. The molecule has 0 saturated heterocycles. The van der Waals surface area contributed by atoms with Crippen molar-refractivity contribution >= 4 is 26.0 Å².